The summed E-state index contributed by atoms with van der Waals surface area (Å²) in [7, 11) is 0. The number of aliphatic carboxylic acids is 4. The van der Waals surface area contributed by atoms with Crippen molar-refractivity contribution < 1.29 is 131 Å². The molecule has 25 N–H and O–H groups in total. The molecule has 0 aliphatic carbocycles. The van der Waals surface area contributed by atoms with E-state index in [4.69, 9.17) is 16.2 Å². The van der Waals surface area contributed by atoms with Gasteiger partial charge < -0.3 is 126 Å². The fourth-order valence-electron chi connectivity index (χ4n) is 13.6. The van der Waals surface area contributed by atoms with Gasteiger partial charge in [-0.3, -0.25) is 95.9 Å². The average Bonchev–Trinajstić information content (AvgIpc) is 1.61. The van der Waals surface area contributed by atoms with E-state index in [9.17, 15) is 121 Å². The number of nitrogens with one attached hydrogen (secondary N) is 16. The number of rotatable bonds is 39. The van der Waals surface area contributed by atoms with Crippen molar-refractivity contribution in [2.75, 3.05) is 26.2 Å². The van der Waals surface area contributed by atoms with E-state index in [0.29, 0.717) is 34.9 Å². The third-order valence-corrected chi connectivity index (χ3v) is 20.4. The molecule has 0 saturated carbocycles. The van der Waals surface area contributed by atoms with E-state index in [1.165, 1.54) is 30.3 Å². The standard InChI is InChI=1S/C83H110N18O27/c1-5-6-7-8-9-10-14-27-63(105)93-54(31-47-38-88-52-25-18-16-23-49(47)52)77(121)96-55(33-62(85)104)78(122)98-58(36-69(114)115)79(123)101-71-44(4)128-83(127)59(32-61(103)45-20-12-11-13-21-45)99-82(126)70(42(2)29-66(108)109)100-80(124)60(41-102)94-65(107)39-89-74(118)56(34-67(110)111)95-72(116)43(3)91-76(120)57(35-68(112)113)97-75(119)53(92-64(106)40-90-81(71)125)26-19-28-86-73(117)50(84)30-46-37-87-51-24-17-15-22-48(46)51/h11-13,15-18,20-25,37-38,42-44,50,53-60,70-71,87-88,102H,5-10,14,19,26-36,39-41,84H2,1-4H3,(H2,85,104)(H,86,117)(H,89,118)(H,90,125)(H,91,120)(H,92,106)(H,93,105)(H,94,107)(H,95,116)(H,96,121)(H,97,119)(H,98,122)(H,99,126)(H,100,124)(H,101,123)(H,108,109)(H,110,111)(H,112,113)(H,114,115). The minimum absolute atomic E-state index is 0.0261. The number of aromatic amines is 2. The molecule has 14 atom stereocenters. The maximum Gasteiger partial charge on any atom is 0.329 e. The van der Waals surface area contributed by atoms with Crippen LogP contribution in [-0.2, 0) is 113 Å². The van der Waals surface area contributed by atoms with Gasteiger partial charge in [0.05, 0.1) is 57.8 Å². The number of ether oxygens (including phenoxy) is 1. The zero-order valence-electron chi connectivity index (χ0n) is 70.7. The van der Waals surface area contributed by atoms with Crippen molar-refractivity contribution in [3.05, 3.63) is 108 Å². The number of cyclic esters (lactones) is 1. The second-order valence-corrected chi connectivity index (χ2v) is 30.7. The Hall–Kier alpha value is -14.3. The van der Waals surface area contributed by atoms with Gasteiger partial charge in [0.15, 0.2) is 5.78 Å². The highest BCUT2D eigenvalue weighted by atomic mass is 16.5. The van der Waals surface area contributed by atoms with Crippen molar-refractivity contribution in [3.8, 4) is 0 Å². The Kier molecular flexibility index (Phi) is 41.0. The summed E-state index contributed by atoms with van der Waals surface area (Å²) in [6, 6.07) is -3.34. The van der Waals surface area contributed by atoms with Crippen LogP contribution in [0.4, 0.5) is 0 Å². The van der Waals surface area contributed by atoms with Gasteiger partial charge in [-0.05, 0) is 68.7 Å². The second-order valence-electron chi connectivity index (χ2n) is 30.7. The van der Waals surface area contributed by atoms with Crippen molar-refractivity contribution in [2.24, 2.45) is 17.4 Å². The molecular weight excluding hydrogens is 1680 g/mol. The molecule has 1 aliphatic rings. The molecule has 1 fully saturated rings. The van der Waals surface area contributed by atoms with E-state index in [1.54, 1.807) is 60.9 Å². The normalized spacial score (nSPS) is 20.5. The van der Waals surface area contributed by atoms with Gasteiger partial charge in [-0.2, -0.15) is 0 Å². The SMILES string of the molecule is CCCCCCCCCC(=O)NC(Cc1c[nH]c2ccccc12)C(=O)NC(CC(N)=O)C(=O)NC(CC(=O)O)C(=O)NC1C(=O)NCC(=O)NC(CCCNC(=O)C(N)Cc2c[nH]c3ccccc23)C(=O)NC(CC(=O)O)C(=O)NC(C)C(=O)NC(CC(=O)O)C(=O)NCC(=O)NC(CO)C(=O)NC(C(C)CC(=O)O)C(=O)NC(CC(=O)c2ccccc2)C(=O)OC1C. The minimum Gasteiger partial charge on any atom is -0.481 e. The van der Waals surface area contributed by atoms with Crippen LogP contribution < -0.4 is 85.9 Å². The molecule has 3 aromatic carbocycles. The van der Waals surface area contributed by atoms with Crippen LogP contribution in [0, 0.1) is 5.92 Å². The lowest BCUT2D eigenvalue weighted by Crippen LogP contribution is -2.62. The fourth-order valence-corrected chi connectivity index (χ4v) is 13.6. The van der Waals surface area contributed by atoms with Gasteiger partial charge in [-0.1, -0.05) is 119 Å². The lowest BCUT2D eigenvalue weighted by Gasteiger charge is -2.30. The van der Waals surface area contributed by atoms with E-state index in [1.807, 2.05) is 16.0 Å². The molecule has 0 spiro atoms. The third kappa shape index (κ3) is 33.7. The number of aromatic nitrogens is 2. The number of nitrogens with two attached hydrogens (primary N) is 2. The number of carbonyl (C=O) groups is 21. The van der Waals surface area contributed by atoms with Crippen LogP contribution in [-0.4, -0.2) is 265 Å². The molecule has 1 saturated heterocycles. The van der Waals surface area contributed by atoms with Crippen molar-refractivity contribution in [3.63, 3.8) is 0 Å². The van der Waals surface area contributed by atoms with Gasteiger partial charge in [-0.25, -0.2) is 4.79 Å². The average molecular weight is 1790 g/mol. The molecule has 6 rings (SSSR count). The number of para-hydroxylation sites is 2. The molecule has 3 heterocycles. The summed E-state index contributed by atoms with van der Waals surface area (Å²) in [5.41, 5.74) is 14.4. The van der Waals surface area contributed by atoms with Crippen LogP contribution in [0.2, 0.25) is 0 Å². The first-order chi connectivity index (χ1) is 60.7. The topological polar surface area (TPSA) is 721 Å². The van der Waals surface area contributed by atoms with E-state index >= 15 is 4.79 Å². The number of esters is 1. The second kappa shape index (κ2) is 51.2. The summed E-state index contributed by atoms with van der Waals surface area (Å²) >= 11 is 0. The summed E-state index contributed by atoms with van der Waals surface area (Å²) in [6.45, 7) is 0.901. The van der Waals surface area contributed by atoms with Crippen LogP contribution in [0.3, 0.4) is 0 Å². The number of aliphatic hydroxyl groups excluding tert-OH is 1. The molecule has 1 aliphatic heterocycles. The Morgan fingerprint density at radius 2 is 1.00 bits per heavy atom. The predicted molar refractivity (Wildman–Crippen MR) is 450 cm³/mol. The summed E-state index contributed by atoms with van der Waals surface area (Å²) in [6.07, 6.45) is -1.12. The lowest BCUT2D eigenvalue weighted by atomic mass is 9.96. The smallest absolute Gasteiger partial charge is 0.329 e. The Morgan fingerprint density at radius 3 is 1.58 bits per heavy atom. The van der Waals surface area contributed by atoms with E-state index in [2.05, 4.69) is 75.4 Å². The maximum absolute atomic E-state index is 15.0. The van der Waals surface area contributed by atoms with Crippen molar-refractivity contribution in [1.82, 2.24) is 84.4 Å². The number of H-pyrrole nitrogens is 2. The Morgan fingerprint density at radius 1 is 0.492 bits per heavy atom. The Balaban J connectivity index is 1.42. The number of carboxylic acids is 4. The number of ketones is 1. The quantitative estimate of drug-likeness (QED) is 0.0101. The number of carbonyl (C=O) groups excluding carboxylic acids is 17. The monoisotopic (exact) mass is 1790 g/mol. The zero-order valence-corrected chi connectivity index (χ0v) is 70.7. The molecule has 45 nitrogen and oxygen atoms in total. The van der Waals surface area contributed by atoms with Gasteiger partial charge in [0.2, 0.25) is 88.6 Å². The van der Waals surface area contributed by atoms with Gasteiger partial charge >= 0.3 is 29.8 Å². The van der Waals surface area contributed by atoms with Crippen LogP contribution >= 0.6 is 0 Å². The maximum atomic E-state index is 15.0. The number of carboxylic acid groups (broad SMARTS) is 4. The Bertz CT molecular complexity index is 4840. The van der Waals surface area contributed by atoms with Crippen LogP contribution in [0.5, 0.6) is 0 Å². The molecule has 694 valence electrons. The molecule has 128 heavy (non-hydrogen) atoms. The number of hydrogen-bond acceptors (Lipinski definition) is 24. The number of hydrogen-bond donors (Lipinski definition) is 23. The number of primary amides is 1. The summed E-state index contributed by atoms with van der Waals surface area (Å²) in [5, 5.41) is 82.8. The summed E-state index contributed by atoms with van der Waals surface area (Å²) in [4.78, 5) is 296. The molecular formula is C83H110N18O27. The van der Waals surface area contributed by atoms with Crippen molar-refractivity contribution in [1.29, 1.82) is 0 Å². The first kappa shape index (κ1) is 103. The van der Waals surface area contributed by atoms with Gasteiger partial charge in [0.25, 0.3) is 0 Å². The molecule has 5 aromatic rings. The van der Waals surface area contributed by atoms with Crippen LogP contribution in [0.15, 0.2) is 91.3 Å². The predicted octanol–water partition coefficient (Wildman–Crippen LogP) is -4.00. The van der Waals surface area contributed by atoms with E-state index < -0.39 is 273 Å². The van der Waals surface area contributed by atoms with Gasteiger partial charge in [0.1, 0.15) is 72.6 Å². The van der Waals surface area contributed by atoms with Gasteiger partial charge in [0, 0.05) is 65.6 Å². The molecule has 45 heteroatoms. The minimum atomic E-state index is -2.48. The number of fused-ring (bicyclic) bond motifs is 2. The number of aliphatic hydroxyl groups is 1. The molecule has 14 unspecified atom stereocenters. The summed E-state index contributed by atoms with van der Waals surface area (Å²) < 4.78 is 5.74. The number of benzene rings is 3. The molecule has 0 radical (unpaired) electrons. The van der Waals surface area contributed by atoms with Crippen molar-refractivity contribution >= 4 is 146 Å². The Labute approximate surface area is 731 Å². The first-order valence-corrected chi connectivity index (χ1v) is 41.3. The highest BCUT2D eigenvalue weighted by Crippen LogP contribution is 2.23. The molecule has 0 bridgehead atoms. The number of Topliss-reactive ketones (excluding diaryl/α,β-unsaturated/α-hetero) is 1. The number of amides is 15. The largest absolute Gasteiger partial charge is 0.481 e. The van der Waals surface area contributed by atoms with Gasteiger partial charge in [-0.15, -0.1) is 0 Å². The fraction of sp³-hybridized carbons (Fsp3) is 0.482. The van der Waals surface area contributed by atoms with Crippen molar-refractivity contribution in [2.45, 2.75) is 222 Å². The highest BCUT2D eigenvalue weighted by Gasteiger charge is 2.41. The molecule has 2 aromatic heterocycles. The first-order valence-electron chi connectivity index (χ1n) is 41.3. The van der Waals surface area contributed by atoms with E-state index in [0.717, 1.165) is 63.8 Å². The van der Waals surface area contributed by atoms with E-state index in [-0.39, 0.29) is 37.8 Å². The lowest BCUT2D eigenvalue weighted by molar-refractivity contribution is -0.156. The van der Waals surface area contributed by atoms with Crippen LogP contribution in [0.1, 0.15) is 152 Å². The third-order valence-electron chi connectivity index (χ3n) is 20.4. The summed E-state index contributed by atoms with van der Waals surface area (Å²) in [5.74, 6) is -30.7. The zero-order chi connectivity index (χ0) is 94.4. The van der Waals surface area contributed by atoms with Crippen LogP contribution in [0.25, 0.3) is 21.8 Å². The molecule has 15 amide bonds. The number of unbranched alkanes of at least 4 members (excludes halogenated alkanes) is 6. The highest BCUT2D eigenvalue weighted by molar-refractivity contribution is 6.04.